The number of nitrogens with two attached hydrogens (primary N) is 1. The van der Waals surface area contributed by atoms with Gasteiger partial charge in [0.1, 0.15) is 0 Å². The number of morpholine rings is 1. The van der Waals surface area contributed by atoms with Crippen LogP contribution in [0.25, 0.3) is 0 Å². The van der Waals surface area contributed by atoms with E-state index in [0.717, 1.165) is 26.3 Å². The first-order chi connectivity index (χ1) is 7.68. The topological polar surface area (TPSA) is 56.3 Å². The Kier molecular flexibility index (Phi) is 3.58. The SMILES string of the molecule is CC(N)C(c1cnn(C)c1)N1CCOCC1. The van der Waals surface area contributed by atoms with Crippen LogP contribution in [0, 0.1) is 0 Å². The van der Waals surface area contributed by atoms with E-state index in [-0.39, 0.29) is 12.1 Å². The summed E-state index contributed by atoms with van der Waals surface area (Å²) in [6, 6.07) is 0.347. The Morgan fingerprint density at radius 1 is 1.44 bits per heavy atom. The Hall–Kier alpha value is -0.910. The van der Waals surface area contributed by atoms with Crippen molar-refractivity contribution in [1.82, 2.24) is 14.7 Å². The summed E-state index contributed by atoms with van der Waals surface area (Å²) >= 11 is 0. The van der Waals surface area contributed by atoms with Crippen molar-refractivity contribution < 1.29 is 4.74 Å². The summed E-state index contributed by atoms with van der Waals surface area (Å²) in [6.07, 6.45) is 3.95. The highest BCUT2D eigenvalue weighted by atomic mass is 16.5. The first-order valence-corrected chi connectivity index (χ1v) is 5.74. The van der Waals surface area contributed by atoms with Crippen LogP contribution in [0.5, 0.6) is 0 Å². The molecule has 0 bridgehead atoms. The second-order valence-electron chi connectivity index (χ2n) is 4.40. The molecule has 2 N–H and O–H groups in total. The summed E-state index contributed by atoms with van der Waals surface area (Å²) in [5.74, 6) is 0. The van der Waals surface area contributed by atoms with E-state index in [1.807, 2.05) is 31.0 Å². The molecule has 0 amide bonds. The van der Waals surface area contributed by atoms with Gasteiger partial charge in [-0.2, -0.15) is 5.10 Å². The lowest BCUT2D eigenvalue weighted by atomic mass is 10.0. The first kappa shape index (κ1) is 11.6. The third kappa shape index (κ3) is 2.42. The zero-order valence-corrected chi connectivity index (χ0v) is 9.97. The van der Waals surface area contributed by atoms with Gasteiger partial charge in [0.15, 0.2) is 0 Å². The van der Waals surface area contributed by atoms with Gasteiger partial charge in [-0.15, -0.1) is 0 Å². The number of nitrogens with zero attached hydrogens (tertiary/aromatic N) is 3. The Balaban J connectivity index is 2.16. The van der Waals surface area contributed by atoms with Gasteiger partial charge in [0, 0.05) is 37.9 Å². The molecule has 1 aliphatic heterocycles. The fourth-order valence-corrected chi connectivity index (χ4v) is 2.30. The lowest BCUT2D eigenvalue weighted by Crippen LogP contribution is -2.45. The molecule has 1 aliphatic rings. The Bertz CT molecular complexity index is 330. The van der Waals surface area contributed by atoms with Crippen LogP contribution in [0.2, 0.25) is 0 Å². The van der Waals surface area contributed by atoms with Gasteiger partial charge in [0.25, 0.3) is 0 Å². The molecule has 0 spiro atoms. The quantitative estimate of drug-likeness (QED) is 0.793. The smallest absolute Gasteiger partial charge is 0.0594 e. The van der Waals surface area contributed by atoms with E-state index >= 15 is 0 Å². The third-order valence-corrected chi connectivity index (χ3v) is 3.00. The first-order valence-electron chi connectivity index (χ1n) is 5.74. The second kappa shape index (κ2) is 4.95. The van der Waals surface area contributed by atoms with Crippen LogP contribution in [-0.2, 0) is 11.8 Å². The number of rotatable bonds is 3. The molecule has 2 atom stereocenters. The van der Waals surface area contributed by atoms with Crippen LogP contribution >= 0.6 is 0 Å². The summed E-state index contributed by atoms with van der Waals surface area (Å²) in [4.78, 5) is 2.38. The number of aromatic nitrogens is 2. The molecule has 0 aromatic carbocycles. The molecular formula is C11H20N4O. The van der Waals surface area contributed by atoms with E-state index in [9.17, 15) is 0 Å². The molecule has 5 nitrogen and oxygen atoms in total. The van der Waals surface area contributed by atoms with E-state index < -0.39 is 0 Å². The molecule has 1 fully saturated rings. The molecule has 1 aromatic rings. The maximum Gasteiger partial charge on any atom is 0.0594 e. The fourth-order valence-electron chi connectivity index (χ4n) is 2.30. The van der Waals surface area contributed by atoms with Crippen LogP contribution in [0.3, 0.4) is 0 Å². The van der Waals surface area contributed by atoms with Crippen molar-refractivity contribution in [3.63, 3.8) is 0 Å². The third-order valence-electron chi connectivity index (χ3n) is 3.00. The summed E-state index contributed by atoms with van der Waals surface area (Å²) in [5.41, 5.74) is 7.28. The van der Waals surface area contributed by atoms with Gasteiger partial charge in [0.2, 0.25) is 0 Å². The molecule has 90 valence electrons. The Morgan fingerprint density at radius 2 is 2.12 bits per heavy atom. The normalized spacial score (nSPS) is 21.9. The van der Waals surface area contributed by atoms with Gasteiger partial charge < -0.3 is 10.5 Å². The van der Waals surface area contributed by atoms with Crippen molar-refractivity contribution in [2.24, 2.45) is 12.8 Å². The highest BCUT2D eigenvalue weighted by molar-refractivity contribution is 5.13. The van der Waals surface area contributed by atoms with E-state index in [2.05, 4.69) is 10.00 Å². The number of hydrogen-bond donors (Lipinski definition) is 1. The van der Waals surface area contributed by atoms with Crippen molar-refractivity contribution in [1.29, 1.82) is 0 Å². The van der Waals surface area contributed by atoms with Gasteiger partial charge in [-0.1, -0.05) is 0 Å². The zero-order valence-electron chi connectivity index (χ0n) is 9.97. The van der Waals surface area contributed by atoms with Gasteiger partial charge in [-0.05, 0) is 6.92 Å². The largest absolute Gasteiger partial charge is 0.379 e. The van der Waals surface area contributed by atoms with Gasteiger partial charge in [-0.3, -0.25) is 9.58 Å². The molecule has 1 saturated heterocycles. The van der Waals surface area contributed by atoms with Crippen molar-refractivity contribution in [2.75, 3.05) is 26.3 Å². The summed E-state index contributed by atoms with van der Waals surface area (Å²) < 4.78 is 7.19. The van der Waals surface area contributed by atoms with Crippen molar-refractivity contribution >= 4 is 0 Å². The van der Waals surface area contributed by atoms with E-state index in [0.29, 0.717) is 0 Å². The van der Waals surface area contributed by atoms with Crippen molar-refractivity contribution in [3.05, 3.63) is 18.0 Å². The molecule has 1 aromatic heterocycles. The predicted octanol–water partition coefficient (Wildman–Crippen LogP) is 0.141. The van der Waals surface area contributed by atoms with Crippen LogP contribution < -0.4 is 5.73 Å². The molecule has 0 saturated carbocycles. The Morgan fingerprint density at radius 3 is 2.62 bits per heavy atom. The highest BCUT2D eigenvalue weighted by Gasteiger charge is 2.26. The van der Waals surface area contributed by atoms with Crippen LogP contribution in [0.4, 0.5) is 0 Å². The molecule has 16 heavy (non-hydrogen) atoms. The predicted molar refractivity (Wildman–Crippen MR) is 62.0 cm³/mol. The Labute approximate surface area is 96.2 Å². The monoisotopic (exact) mass is 224 g/mol. The van der Waals surface area contributed by atoms with Crippen molar-refractivity contribution in [2.45, 2.75) is 19.0 Å². The molecule has 2 unspecified atom stereocenters. The maximum absolute atomic E-state index is 6.09. The van der Waals surface area contributed by atoms with Gasteiger partial charge >= 0.3 is 0 Å². The maximum atomic E-state index is 6.09. The molecule has 0 aliphatic carbocycles. The average Bonchev–Trinajstić information content (AvgIpc) is 2.66. The number of hydrogen-bond acceptors (Lipinski definition) is 4. The van der Waals surface area contributed by atoms with Crippen LogP contribution in [0.15, 0.2) is 12.4 Å². The molecule has 0 radical (unpaired) electrons. The molecular weight excluding hydrogens is 204 g/mol. The highest BCUT2D eigenvalue weighted by Crippen LogP contribution is 2.23. The molecule has 5 heteroatoms. The van der Waals surface area contributed by atoms with E-state index in [1.54, 1.807) is 0 Å². The number of ether oxygens (including phenoxy) is 1. The molecule has 2 heterocycles. The fraction of sp³-hybridized carbons (Fsp3) is 0.727. The summed E-state index contributed by atoms with van der Waals surface area (Å²) in [7, 11) is 1.93. The van der Waals surface area contributed by atoms with Crippen LogP contribution in [-0.4, -0.2) is 47.0 Å². The average molecular weight is 224 g/mol. The van der Waals surface area contributed by atoms with Gasteiger partial charge in [-0.25, -0.2) is 0 Å². The minimum atomic E-state index is 0.0994. The summed E-state index contributed by atoms with van der Waals surface area (Å²) in [5, 5.41) is 4.22. The van der Waals surface area contributed by atoms with E-state index in [4.69, 9.17) is 10.5 Å². The summed E-state index contributed by atoms with van der Waals surface area (Å²) in [6.45, 7) is 5.53. The van der Waals surface area contributed by atoms with Gasteiger partial charge in [0.05, 0.1) is 25.5 Å². The molecule has 2 rings (SSSR count). The van der Waals surface area contributed by atoms with Crippen molar-refractivity contribution in [3.8, 4) is 0 Å². The lowest BCUT2D eigenvalue weighted by molar-refractivity contribution is 0.0116. The van der Waals surface area contributed by atoms with Crippen LogP contribution in [0.1, 0.15) is 18.5 Å². The lowest BCUT2D eigenvalue weighted by Gasteiger charge is -2.36. The standard InChI is InChI=1S/C11H20N4O/c1-9(12)11(10-7-13-14(2)8-10)15-3-5-16-6-4-15/h7-9,11H,3-6,12H2,1-2H3. The number of aryl methyl sites for hydroxylation is 1. The zero-order chi connectivity index (χ0) is 11.5. The second-order valence-corrected chi connectivity index (χ2v) is 4.40. The minimum Gasteiger partial charge on any atom is -0.379 e. The minimum absolute atomic E-state index is 0.0994. The van der Waals surface area contributed by atoms with E-state index in [1.165, 1.54) is 5.56 Å².